The average Bonchev–Trinajstić information content (AvgIpc) is 3.25. The van der Waals surface area contributed by atoms with Crippen molar-refractivity contribution in [3.05, 3.63) is 46.8 Å². The molecule has 0 saturated heterocycles. The van der Waals surface area contributed by atoms with Crippen LogP contribution in [0.2, 0.25) is 0 Å². The fourth-order valence-corrected chi connectivity index (χ4v) is 4.16. The number of carbonyl (C=O) groups excluding carboxylic acids is 1. The van der Waals surface area contributed by atoms with Crippen molar-refractivity contribution in [1.82, 2.24) is 9.78 Å². The van der Waals surface area contributed by atoms with E-state index in [4.69, 9.17) is 5.73 Å². The van der Waals surface area contributed by atoms with Gasteiger partial charge in [0.05, 0.1) is 12.2 Å². The minimum atomic E-state index is -1.07. The zero-order valence-electron chi connectivity index (χ0n) is 15.9. The molecule has 1 aliphatic heterocycles. The molecule has 1 atom stereocenters. The summed E-state index contributed by atoms with van der Waals surface area (Å²) in [7, 11) is 0. The molecule has 2 aliphatic rings. The molecule has 2 heterocycles. The Morgan fingerprint density at radius 3 is 2.75 bits per heavy atom. The first-order valence-electron chi connectivity index (χ1n) is 9.48. The summed E-state index contributed by atoms with van der Waals surface area (Å²) in [6.45, 7) is 3.41. The largest absolute Gasteiger partial charge is 0.382 e. The Morgan fingerprint density at radius 2 is 2.04 bits per heavy atom. The molecule has 8 heteroatoms. The fourth-order valence-electron chi connectivity index (χ4n) is 4.16. The lowest BCUT2D eigenvalue weighted by Gasteiger charge is -2.31. The smallest absolute Gasteiger partial charge is 0.227 e. The summed E-state index contributed by atoms with van der Waals surface area (Å²) in [5.41, 5.74) is 6.04. The molecule has 1 saturated carbocycles. The van der Waals surface area contributed by atoms with Crippen LogP contribution in [0.4, 0.5) is 14.5 Å². The number of nitrogens with one attached hydrogen (secondary N) is 1. The summed E-state index contributed by atoms with van der Waals surface area (Å²) in [5.74, 6) is -1.04. The average molecular weight is 387 g/mol. The molecule has 0 unspecified atom stereocenters. The van der Waals surface area contributed by atoms with E-state index in [9.17, 15) is 13.6 Å². The molecule has 1 amide bonds. The van der Waals surface area contributed by atoms with E-state index in [0.29, 0.717) is 5.69 Å². The van der Waals surface area contributed by atoms with Gasteiger partial charge in [0.1, 0.15) is 22.9 Å². The second-order valence-corrected chi connectivity index (χ2v) is 7.84. The molecule has 3 N–H and O–H groups in total. The molecule has 0 radical (unpaired) electrons. The molecule has 6 nitrogen and oxygen atoms in total. The summed E-state index contributed by atoms with van der Waals surface area (Å²) in [5, 5.41) is 7.05. The van der Waals surface area contributed by atoms with Crippen molar-refractivity contribution in [2.45, 2.75) is 51.6 Å². The lowest BCUT2D eigenvalue weighted by Crippen LogP contribution is -2.38. The summed E-state index contributed by atoms with van der Waals surface area (Å²) < 4.78 is 30.3. The van der Waals surface area contributed by atoms with Crippen molar-refractivity contribution in [3.63, 3.8) is 0 Å². The molecule has 28 heavy (non-hydrogen) atoms. The Hall–Kier alpha value is -2.77. The van der Waals surface area contributed by atoms with Crippen LogP contribution in [-0.2, 0) is 16.9 Å². The lowest BCUT2D eigenvalue weighted by atomic mass is 9.90. The van der Waals surface area contributed by atoms with E-state index in [0.717, 1.165) is 25.7 Å². The van der Waals surface area contributed by atoms with Crippen molar-refractivity contribution in [1.29, 1.82) is 0 Å². The third-order valence-electron chi connectivity index (χ3n) is 5.66. The van der Waals surface area contributed by atoms with Crippen LogP contribution in [0, 0.1) is 24.5 Å². The second-order valence-electron chi connectivity index (χ2n) is 7.84. The molecular formula is C20H23F2N5O. The van der Waals surface area contributed by atoms with Crippen molar-refractivity contribution >= 4 is 17.4 Å². The predicted molar refractivity (Wildman–Crippen MR) is 102 cm³/mol. The number of fused-ring (bicyclic) bond motifs is 1. The maximum Gasteiger partial charge on any atom is 0.227 e. The molecule has 0 bridgehead atoms. The molecule has 2 aromatic rings. The van der Waals surface area contributed by atoms with Gasteiger partial charge in [-0.15, -0.1) is 0 Å². The number of amidine groups is 1. The molecule has 4 rings (SSSR count). The summed E-state index contributed by atoms with van der Waals surface area (Å²) in [4.78, 5) is 16.8. The van der Waals surface area contributed by atoms with E-state index < -0.39 is 17.2 Å². The van der Waals surface area contributed by atoms with Crippen molar-refractivity contribution in [2.24, 2.45) is 16.6 Å². The third kappa shape index (κ3) is 3.06. The Bertz CT molecular complexity index is 977. The Balaban J connectivity index is 1.67. The third-order valence-corrected chi connectivity index (χ3v) is 5.66. The maximum atomic E-state index is 14.7. The van der Waals surface area contributed by atoms with Crippen LogP contribution in [0.5, 0.6) is 0 Å². The van der Waals surface area contributed by atoms with Gasteiger partial charge in [-0.1, -0.05) is 12.8 Å². The number of aromatic nitrogens is 2. The van der Waals surface area contributed by atoms with Crippen molar-refractivity contribution in [3.8, 4) is 0 Å². The van der Waals surface area contributed by atoms with Crippen LogP contribution >= 0.6 is 0 Å². The summed E-state index contributed by atoms with van der Waals surface area (Å²) in [6.07, 6.45) is 3.87. The minimum absolute atomic E-state index is 0.00465. The van der Waals surface area contributed by atoms with Crippen molar-refractivity contribution in [2.75, 3.05) is 5.32 Å². The Morgan fingerprint density at radius 1 is 1.32 bits per heavy atom. The van der Waals surface area contributed by atoms with Gasteiger partial charge in [-0.25, -0.2) is 8.78 Å². The van der Waals surface area contributed by atoms with Gasteiger partial charge in [-0.3, -0.25) is 14.5 Å². The molecule has 1 aromatic heterocycles. The number of halogens is 2. The normalized spacial score (nSPS) is 22.1. The summed E-state index contributed by atoms with van der Waals surface area (Å²) in [6, 6.07) is 4.42. The van der Waals surface area contributed by atoms with E-state index in [1.165, 1.54) is 16.8 Å². The van der Waals surface area contributed by atoms with Gasteiger partial charge >= 0.3 is 0 Å². The van der Waals surface area contributed by atoms with E-state index in [1.54, 1.807) is 19.9 Å². The standard InChI is InChI=1S/C20H23F2N5O/c1-11-16(22)17-18(23)25-20(2,10-27(17)26-11)14-9-13(7-8-15(14)21)24-19(28)12-5-3-4-6-12/h7-9,12H,3-6,10H2,1-2H3,(H2,23,25)(H,24,28)/t20-/m1/s1. The van der Waals surface area contributed by atoms with Gasteiger partial charge in [-0.2, -0.15) is 5.10 Å². The maximum absolute atomic E-state index is 14.7. The monoisotopic (exact) mass is 387 g/mol. The van der Waals surface area contributed by atoms with Crippen LogP contribution < -0.4 is 11.1 Å². The quantitative estimate of drug-likeness (QED) is 0.848. The van der Waals surface area contributed by atoms with Gasteiger partial charge in [0.2, 0.25) is 5.91 Å². The SMILES string of the molecule is Cc1nn2c(c1F)C(N)=N[C@@](C)(c1cc(NC(=O)C3CCCC3)ccc1F)C2. The number of benzene rings is 1. The zero-order valence-corrected chi connectivity index (χ0v) is 15.9. The molecule has 0 spiro atoms. The number of carbonyl (C=O) groups is 1. The highest BCUT2D eigenvalue weighted by Crippen LogP contribution is 2.35. The van der Waals surface area contributed by atoms with Crippen molar-refractivity contribution < 1.29 is 13.6 Å². The van der Waals surface area contributed by atoms with Crippen LogP contribution in [0.15, 0.2) is 23.2 Å². The minimum Gasteiger partial charge on any atom is -0.382 e. The van der Waals surface area contributed by atoms with Crippen LogP contribution in [-0.4, -0.2) is 21.5 Å². The van der Waals surface area contributed by atoms with Gasteiger partial charge in [0, 0.05) is 17.2 Å². The van der Waals surface area contributed by atoms with Crippen LogP contribution in [0.25, 0.3) is 0 Å². The lowest BCUT2D eigenvalue weighted by molar-refractivity contribution is -0.119. The number of aryl methyl sites for hydroxylation is 1. The highest BCUT2D eigenvalue weighted by Gasteiger charge is 2.37. The fraction of sp³-hybridized carbons (Fsp3) is 0.450. The number of hydrogen-bond acceptors (Lipinski definition) is 4. The molecule has 1 aromatic carbocycles. The number of nitrogens with zero attached hydrogens (tertiary/aromatic N) is 3. The Labute approximate surface area is 161 Å². The first kappa shape index (κ1) is 18.6. The van der Waals surface area contributed by atoms with E-state index >= 15 is 0 Å². The van der Waals surface area contributed by atoms with Crippen LogP contribution in [0.3, 0.4) is 0 Å². The number of hydrogen-bond donors (Lipinski definition) is 2. The van der Waals surface area contributed by atoms with Crippen LogP contribution in [0.1, 0.15) is 49.6 Å². The highest BCUT2D eigenvalue weighted by molar-refractivity contribution is 5.97. The molecule has 1 fully saturated rings. The first-order valence-corrected chi connectivity index (χ1v) is 9.48. The summed E-state index contributed by atoms with van der Waals surface area (Å²) >= 11 is 0. The number of nitrogens with two attached hydrogens (primary N) is 1. The molecule has 1 aliphatic carbocycles. The topological polar surface area (TPSA) is 85.3 Å². The van der Waals surface area contributed by atoms with Gasteiger partial charge < -0.3 is 11.1 Å². The van der Waals surface area contributed by atoms with Gasteiger partial charge in [0.15, 0.2) is 5.82 Å². The Kier molecular flexibility index (Phi) is 4.44. The molecular weight excluding hydrogens is 364 g/mol. The number of aliphatic imine (C=N–C) groups is 1. The van der Waals surface area contributed by atoms with Gasteiger partial charge in [0.25, 0.3) is 0 Å². The second kappa shape index (κ2) is 6.68. The van der Waals surface area contributed by atoms with E-state index in [-0.39, 0.29) is 41.2 Å². The van der Waals surface area contributed by atoms with E-state index in [1.807, 2.05) is 0 Å². The number of amides is 1. The highest BCUT2D eigenvalue weighted by atomic mass is 19.1. The predicted octanol–water partition coefficient (Wildman–Crippen LogP) is 3.23. The zero-order chi connectivity index (χ0) is 20.1. The number of anilines is 1. The van der Waals surface area contributed by atoms with E-state index in [2.05, 4.69) is 15.4 Å². The number of rotatable bonds is 3. The molecule has 148 valence electrons. The first-order chi connectivity index (χ1) is 13.3. The van der Waals surface area contributed by atoms with Gasteiger partial charge in [-0.05, 0) is 44.9 Å².